The van der Waals surface area contributed by atoms with Gasteiger partial charge in [0.05, 0.1) is 25.4 Å². The molecule has 0 atom stereocenters. The Morgan fingerprint density at radius 3 is 1.47 bits per heavy atom. The van der Waals surface area contributed by atoms with E-state index in [2.05, 4.69) is 0 Å². The second-order valence-corrected chi connectivity index (χ2v) is 8.63. The molecule has 6 N–H and O–H groups in total. The van der Waals surface area contributed by atoms with Crippen molar-refractivity contribution >= 4 is 16.0 Å². The highest BCUT2D eigenvalue weighted by Crippen LogP contribution is 1.98. The van der Waals surface area contributed by atoms with Crippen LogP contribution in [0.4, 0.5) is 0 Å². The van der Waals surface area contributed by atoms with Gasteiger partial charge in [-0.25, -0.2) is 0 Å². The van der Waals surface area contributed by atoms with Gasteiger partial charge in [0.15, 0.2) is 8.32 Å². The maximum atomic E-state index is 8.34. The van der Waals surface area contributed by atoms with Crippen molar-refractivity contribution in [1.82, 2.24) is 0 Å². The van der Waals surface area contributed by atoms with E-state index in [9.17, 15) is 0 Å². The topological polar surface area (TPSA) is 116 Å². The molecule has 0 saturated heterocycles. The number of hydrogen-bond donors (Lipinski definition) is 5. The van der Waals surface area contributed by atoms with Crippen molar-refractivity contribution in [2.75, 3.05) is 19.8 Å². The molecule has 0 aliphatic carbocycles. The minimum absolute atomic E-state index is 0.403. The van der Waals surface area contributed by atoms with Crippen LogP contribution in [0.5, 0.6) is 0 Å². The molecule has 91 valence electrons. The zero-order valence-electron chi connectivity index (χ0n) is 9.47. The fourth-order valence-electron chi connectivity index (χ4n) is 0.308. The van der Waals surface area contributed by atoms with Crippen LogP contribution in [0.1, 0.15) is 0 Å². The van der Waals surface area contributed by atoms with Crippen LogP contribution in [-0.2, 0) is 4.34 Å². The molecule has 0 aromatic heterocycles. The summed E-state index contributed by atoms with van der Waals surface area (Å²) in [6, 6.07) is 0. The lowest BCUT2D eigenvalue weighted by Crippen LogP contribution is -2.50. The fourth-order valence-corrected chi connectivity index (χ4v) is 0.624. The summed E-state index contributed by atoms with van der Waals surface area (Å²) in [5.41, 5.74) is 3.94. The summed E-state index contributed by atoms with van der Waals surface area (Å²) in [5.74, 6) is 0. The summed E-state index contributed by atoms with van der Waals surface area (Å²) in [7, 11) is -0.693. The number of rotatable bonds is 5. The molecule has 0 amide bonds. The maximum Gasteiger partial charge on any atom is 0.473 e. The second-order valence-electron chi connectivity index (χ2n) is 4.17. The Labute approximate surface area is 92.1 Å². The highest BCUT2D eigenvalue weighted by atomic mass is 28.4. The normalized spacial score (nSPS) is 11.7. The van der Waals surface area contributed by atoms with E-state index in [4.69, 9.17) is 30.4 Å². The van der Waals surface area contributed by atoms with Gasteiger partial charge in [-0.15, -0.1) is 0 Å². The lowest BCUT2D eigenvalue weighted by atomic mass is 10.1. The summed E-state index contributed by atoms with van der Waals surface area (Å²) < 4.78 is 4.80. The summed E-state index contributed by atoms with van der Waals surface area (Å²) in [4.78, 5) is 0. The average molecular weight is 238 g/mol. The Morgan fingerprint density at radius 1 is 1.13 bits per heavy atom. The molecular formula is C7H21BNO5Si. The molecule has 0 saturated carbocycles. The van der Waals surface area contributed by atoms with Crippen molar-refractivity contribution in [3.63, 3.8) is 0 Å². The third-order valence-corrected chi connectivity index (χ3v) is 2.16. The van der Waals surface area contributed by atoms with Gasteiger partial charge in [0.25, 0.3) is 0 Å². The van der Waals surface area contributed by atoms with Crippen LogP contribution < -0.4 is 5.73 Å². The van der Waals surface area contributed by atoms with Gasteiger partial charge >= 0.3 is 7.69 Å². The summed E-state index contributed by atoms with van der Waals surface area (Å²) >= 11 is 0. The van der Waals surface area contributed by atoms with Crippen LogP contribution in [0.15, 0.2) is 0 Å². The van der Waals surface area contributed by atoms with Gasteiger partial charge in [0.1, 0.15) is 0 Å². The monoisotopic (exact) mass is 238 g/mol. The zero-order valence-corrected chi connectivity index (χ0v) is 10.5. The third-order valence-electron chi connectivity index (χ3n) is 1.35. The van der Waals surface area contributed by atoms with E-state index in [-0.39, 0.29) is 0 Å². The second kappa shape index (κ2) is 8.22. The first kappa shape index (κ1) is 17.4. The highest BCUT2D eigenvalue weighted by molar-refractivity contribution is 6.73. The molecule has 0 heterocycles. The van der Waals surface area contributed by atoms with Gasteiger partial charge in [-0.1, -0.05) is 0 Å². The molecule has 0 spiro atoms. The number of aliphatic hydroxyl groups is 3. The van der Waals surface area contributed by atoms with Crippen LogP contribution in [0.3, 0.4) is 0 Å². The predicted octanol–water partition coefficient (Wildman–Crippen LogP) is -1.97. The standard InChI is InChI=1S/C4H11NO3.C3H10BO2Si/c5-4(1-6,2-7)3-8;1-7(2,3)6-4-5/h6-8H,1-3,5H2;5H,1-3H3. The van der Waals surface area contributed by atoms with Crippen LogP contribution in [-0.4, -0.2) is 61.7 Å². The zero-order chi connectivity index (χ0) is 12.5. The first-order valence-electron chi connectivity index (χ1n) is 4.50. The van der Waals surface area contributed by atoms with Crippen molar-refractivity contribution in [1.29, 1.82) is 0 Å². The van der Waals surface area contributed by atoms with E-state index in [1.54, 1.807) is 0 Å². The smallest absolute Gasteiger partial charge is 0.456 e. The Hall–Kier alpha value is 0.0418. The minimum atomic E-state index is -1.46. The molecule has 15 heavy (non-hydrogen) atoms. The Kier molecular flexibility index (Phi) is 9.56. The molecule has 0 unspecified atom stereocenters. The Balaban J connectivity index is 0. The lowest BCUT2D eigenvalue weighted by Gasteiger charge is -2.20. The SMILES string of the molecule is C[Si](C)(C)O[B]O.NC(CO)(CO)CO. The highest BCUT2D eigenvalue weighted by Gasteiger charge is 2.20. The third kappa shape index (κ3) is 12.0. The van der Waals surface area contributed by atoms with E-state index < -0.39 is 33.7 Å². The molecule has 0 aromatic rings. The van der Waals surface area contributed by atoms with E-state index in [0.717, 1.165) is 7.69 Å². The van der Waals surface area contributed by atoms with Crippen molar-refractivity contribution < 1.29 is 24.7 Å². The van der Waals surface area contributed by atoms with Crippen molar-refractivity contribution in [3.05, 3.63) is 0 Å². The molecule has 0 bridgehead atoms. The molecule has 0 aliphatic heterocycles. The summed E-state index contributed by atoms with van der Waals surface area (Å²) in [5, 5.41) is 33.1. The van der Waals surface area contributed by atoms with E-state index in [0.29, 0.717) is 0 Å². The number of nitrogens with two attached hydrogens (primary N) is 1. The Morgan fingerprint density at radius 2 is 1.47 bits per heavy atom. The van der Waals surface area contributed by atoms with Crippen molar-refractivity contribution in [3.8, 4) is 0 Å². The van der Waals surface area contributed by atoms with Gasteiger partial charge in [-0.2, -0.15) is 0 Å². The van der Waals surface area contributed by atoms with E-state index in [1.807, 2.05) is 19.6 Å². The molecule has 0 aromatic carbocycles. The molecule has 0 fully saturated rings. The molecule has 1 radical (unpaired) electrons. The van der Waals surface area contributed by atoms with Crippen LogP contribution in [0, 0.1) is 0 Å². The molecule has 0 rings (SSSR count). The summed E-state index contributed by atoms with van der Waals surface area (Å²) in [6.07, 6.45) is 0. The molecule has 0 aliphatic rings. The minimum Gasteiger partial charge on any atom is -0.456 e. The summed E-state index contributed by atoms with van der Waals surface area (Å²) in [6.45, 7) is 4.79. The number of hydrogen-bond acceptors (Lipinski definition) is 6. The van der Waals surface area contributed by atoms with E-state index >= 15 is 0 Å². The first-order chi connectivity index (χ1) is 6.74. The van der Waals surface area contributed by atoms with Crippen LogP contribution >= 0.6 is 0 Å². The molecular weight excluding hydrogens is 217 g/mol. The van der Waals surface area contributed by atoms with Gasteiger partial charge in [0, 0.05) is 0 Å². The lowest BCUT2D eigenvalue weighted by molar-refractivity contribution is 0.0698. The van der Waals surface area contributed by atoms with Crippen LogP contribution in [0.2, 0.25) is 19.6 Å². The predicted molar refractivity (Wildman–Crippen MR) is 60.6 cm³/mol. The van der Waals surface area contributed by atoms with E-state index in [1.165, 1.54) is 0 Å². The average Bonchev–Trinajstić information content (AvgIpc) is 2.16. The van der Waals surface area contributed by atoms with Crippen molar-refractivity contribution in [2.45, 2.75) is 25.2 Å². The quantitative estimate of drug-likeness (QED) is 0.355. The van der Waals surface area contributed by atoms with Crippen LogP contribution in [0.25, 0.3) is 0 Å². The maximum absolute atomic E-state index is 8.34. The van der Waals surface area contributed by atoms with Gasteiger partial charge < -0.3 is 30.4 Å². The van der Waals surface area contributed by atoms with Gasteiger partial charge in [-0.3, -0.25) is 0 Å². The first-order valence-corrected chi connectivity index (χ1v) is 7.90. The number of aliphatic hydroxyl groups excluding tert-OH is 3. The fraction of sp³-hybridized carbons (Fsp3) is 1.00. The Bertz CT molecular complexity index is 143. The van der Waals surface area contributed by atoms with Gasteiger partial charge in [-0.05, 0) is 19.6 Å². The van der Waals surface area contributed by atoms with Crippen molar-refractivity contribution in [2.24, 2.45) is 5.73 Å². The molecule has 8 heteroatoms. The van der Waals surface area contributed by atoms with Gasteiger partial charge in [0.2, 0.25) is 0 Å². The molecule has 6 nitrogen and oxygen atoms in total. The largest absolute Gasteiger partial charge is 0.473 e.